The fourth-order valence-electron chi connectivity index (χ4n) is 3.92. The molecule has 0 aliphatic carbocycles. The number of nitrogens with one attached hydrogen (secondary N) is 1. The number of H-pyrrole nitrogens is 1. The summed E-state index contributed by atoms with van der Waals surface area (Å²) >= 11 is 3.33. The van der Waals surface area contributed by atoms with E-state index in [0.717, 1.165) is 21.5 Å². The highest BCUT2D eigenvalue weighted by Crippen LogP contribution is 2.39. The Kier molecular flexibility index (Phi) is 4.44. The van der Waals surface area contributed by atoms with E-state index in [1.165, 1.54) is 4.88 Å². The maximum Gasteiger partial charge on any atom is 0.273 e. The standard InChI is InChI=1S/C21H17N3O3S2/c25-18(12-24-21(27)14-5-2-1-4-13(14)20(26)22-24)23-9-7-16-15(8-11-29-16)19(23)17-6-3-10-28-17/h1-6,8,10-11,19H,7,9,12H2,(H,22,26)/t19-/m0/s1. The van der Waals surface area contributed by atoms with Crippen molar-refractivity contribution >= 4 is 39.4 Å². The molecule has 4 aromatic rings. The van der Waals surface area contributed by atoms with Crippen LogP contribution in [0, 0.1) is 0 Å². The van der Waals surface area contributed by atoms with Crippen molar-refractivity contribution in [3.8, 4) is 0 Å². The molecule has 0 saturated carbocycles. The first-order valence-corrected chi connectivity index (χ1v) is 11.0. The zero-order valence-electron chi connectivity index (χ0n) is 15.3. The van der Waals surface area contributed by atoms with E-state index in [1.807, 2.05) is 22.4 Å². The van der Waals surface area contributed by atoms with Gasteiger partial charge in [0.2, 0.25) is 5.91 Å². The van der Waals surface area contributed by atoms with E-state index in [0.29, 0.717) is 17.3 Å². The smallest absolute Gasteiger partial charge is 0.273 e. The number of aromatic amines is 1. The number of thiophene rings is 2. The number of carbonyl (C=O) groups excluding carboxylic acids is 1. The second-order valence-electron chi connectivity index (χ2n) is 6.93. The Morgan fingerprint density at radius 1 is 1.03 bits per heavy atom. The highest BCUT2D eigenvalue weighted by molar-refractivity contribution is 7.10. The van der Waals surface area contributed by atoms with Gasteiger partial charge in [0.1, 0.15) is 6.54 Å². The fourth-order valence-corrected chi connectivity index (χ4v) is 5.68. The molecule has 4 heterocycles. The summed E-state index contributed by atoms with van der Waals surface area (Å²) in [5, 5.41) is 7.27. The molecule has 29 heavy (non-hydrogen) atoms. The molecule has 1 N–H and O–H groups in total. The number of nitrogens with zero attached hydrogens (tertiary/aromatic N) is 2. The summed E-state index contributed by atoms with van der Waals surface area (Å²) in [5.74, 6) is -0.187. The number of hydrogen-bond acceptors (Lipinski definition) is 5. The van der Waals surface area contributed by atoms with Crippen molar-refractivity contribution < 1.29 is 4.79 Å². The van der Waals surface area contributed by atoms with Crippen molar-refractivity contribution in [2.45, 2.75) is 19.0 Å². The molecule has 1 aliphatic heterocycles. The first-order valence-electron chi connectivity index (χ1n) is 9.24. The maximum atomic E-state index is 13.3. The minimum absolute atomic E-state index is 0.152. The Hall–Kier alpha value is -2.97. The third-order valence-corrected chi connectivity index (χ3v) is 7.20. The third kappa shape index (κ3) is 3.04. The normalized spacial score (nSPS) is 16.1. The van der Waals surface area contributed by atoms with Gasteiger partial charge < -0.3 is 4.90 Å². The van der Waals surface area contributed by atoms with Gasteiger partial charge in [-0.25, -0.2) is 4.68 Å². The minimum Gasteiger partial charge on any atom is -0.329 e. The predicted molar refractivity (Wildman–Crippen MR) is 115 cm³/mol. The number of carbonyl (C=O) groups is 1. The summed E-state index contributed by atoms with van der Waals surface area (Å²) in [7, 11) is 0. The summed E-state index contributed by atoms with van der Waals surface area (Å²) in [5.41, 5.74) is 0.410. The van der Waals surface area contributed by atoms with Crippen LogP contribution in [0.15, 0.2) is 62.8 Å². The molecule has 1 amide bonds. The second-order valence-corrected chi connectivity index (χ2v) is 8.91. The molecule has 1 atom stereocenters. The van der Waals surface area contributed by atoms with E-state index >= 15 is 0 Å². The molecule has 0 radical (unpaired) electrons. The quantitative estimate of drug-likeness (QED) is 0.550. The Bertz CT molecular complexity index is 1320. The first kappa shape index (κ1) is 18.1. The molecule has 146 valence electrons. The van der Waals surface area contributed by atoms with Gasteiger partial charge in [0.15, 0.2) is 0 Å². The van der Waals surface area contributed by atoms with Crippen LogP contribution in [0.3, 0.4) is 0 Å². The number of benzene rings is 1. The summed E-state index contributed by atoms with van der Waals surface area (Å²) in [6.07, 6.45) is 0.795. The van der Waals surface area contributed by atoms with Gasteiger partial charge in [-0.05, 0) is 47.0 Å². The zero-order chi connectivity index (χ0) is 20.0. The van der Waals surface area contributed by atoms with Crippen molar-refractivity contribution in [1.82, 2.24) is 14.7 Å². The van der Waals surface area contributed by atoms with Gasteiger partial charge in [0.25, 0.3) is 11.1 Å². The number of hydrogen-bond donors (Lipinski definition) is 1. The van der Waals surface area contributed by atoms with Gasteiger partial charge in [-0.2, -0.15) is 0 Å². The summed E-state index contributed by atoms with van der Waals surface area (Å²) in [6.45, 7) is 0.391. The molecule has 3 aromatic heterocycles. The molecule has 0 saturated heterocycles. The molecular formula is C21H17N3O3S2. The van der Waals surface area contributed by atoms with Gasteiger partial charge >= 0.3 is 0 Å². The average Bonchev–Trinajstić information content (AvgIpc) is 3.43. The van der Waals surface area contributed by atoms with Gasteiger partial charge in [-0.3, -0.25) is 19.5 Å². The van der Waals surface area contributed by atoms with Gasteiger partial charge in [-0.1, -0.05) is 18.2 Å². The number of aromatic nitrogens is 2. The molecule has 0 fully saturated rings. The number of rotatable bonds is 3. The highest BCUT2D eigenvalue weighted by Gasteiger charge is 2.33. The van der Waals surface area contributed by atoms with E-state index in [-0.39, 0.29) is 29.6 Å². The summed E-state index contributed by atoms with van der Waals surface area (Å²) in [4.78, 5) is 42.6. The van der Waals surface area contributed by atoms with Gasteiger partial charge in [0, 0.05) is 16.3 Å². The van der Waals surface area contributed by atoms with Gasteiger partial charge in [-0.15, -0.1) is 22.7 Å². The van der Waals surface area contributed by atoms with Crippen LogP contribution in [0.1, 0.15) is 21.4 Å². The van der Waals surface area contributed by atoms with Crippen LogP contribution in [0.2, 0.25) is 0 Å². The van der Waals surface area contributed by atoms with Crippen LogP contribution in [-0.4, -0.2) is 27.1 Å². The SMILES string of the molecule is O=C(Cn1[nH]c(=O)c2ccccc2c1=O)N1CCc2sccc2[C@H]1c1cccs1. The molecule has 0 spiro atoms. The van der Waals surface area contributed by atoms with Crippen LogP contribution in [0.4, 0.5) is 0 Å². The second kappa shape index (κ2) is 7.13. The van der Waals surface area contributed by atoms with Crippen molar-refractivity contribution in [1.29, 1.82) is 0 Å². The minimum atomic E-state index is -0.374. The lowest BCUT2D eigenvalue weighted by atomic mass is 9.98. The highest BCUT2D eigenvalue weighted by atomic mass is 32.1. The fraction of sp³-hybridized carbons (Fsp3) is 0.190. The topological polar surface area (TPSA) is 75.2 Å². The van der Waals surface area contributed by atoms with E-state index in [2.05, 4.69) is 16.5 Å². The number of amides is 1. The lowest BCUT2D eigenvalue weighted by Gasteiger charge is -2.35. The lowest BCUT2D eigenvalue weighted by molar-refractivity contribution is -0.134. The monoisotopic (exact) mass is 423 g/mol. The molecule has 1 aliphatic rings. The molecule has 1 aromatic carbocycles. The third-order valence-electron chi connectivity index (χ3n) is 5.28. The van der Waals surface area contributed by atoms with Crippen LogP contribution < -0.4 is 11.1 Å². The Morgan fingerprint density at radius 3 is 2.66 bits per heavy atom. The van der Waals surface area contributed by atoms with E-state index < -0.39 is 0 Å². The van der Waals surface area contributed by atoms with Crippen molar-refractivity contribution in [3.63, 3.8) is 0 Å². The summed E-state index contributed by atoms with van der Waals surface area (Å²) < 4.78 is 1.13. The van der Waals surface area contributed by atoms with Crippen LogP contribution >= 0.6 is 22.7 Å². The molecule has 5 rings (SSSR count). The predicted octanol–water partition coefficient (Wildman–Crippen LogP) is 2.99. The molecule has 0 bridgehead atoms. The first-order chi connectivity index (χ1) is 14.1. The van der Waals surface area contributed by atoms with Crippen LogP contribution in [0.5, 0.6) is 0 Å². The average molecular weight is 424 g/mol. The Labute approximate surface area is 173 Å². The van der Waals surface area contributed by atoms with Crippen LogP contribution in [-0.2, 0) is 17.8 Å². The lowest BCUT2D eigenvalue weighted by Crippen LogP contribution is -2.43. The zero-order valence-corrected chi connectivity index (χ0v) is 17.0. The molecule has 0 unspecified atom stereocenters. The summed E-state index contributed by atoms with van der Waals surface area (Å²) in [6, 6.07) is 12.6. The van der Waals surface area contributed by atoms with Crippen molar-refractivity contribution in [2.24, 2.45) is 0 Å². The number of fused-ring (bicyclic) bond motifs is 2. The van der Waals surface area contributed by atoms with Crippen LogP contribution in [0.25, 0.3) is 10.8 Å². The van der Waals surface area contributed by atoms with E-state index in [1.54, 1.807) is 46.9 Å². The maximum absolute atomic E-state index is 13.3. The molecule has 6 nitrogen and oxygen atoms in total. The van der Waals surface area contributed by atoms with Crippen molar-refractivity contribution in [3.05, 3.63) is 89.3 Å². The Balaban J connectivity index is 1.53. The van der Waals surface area contributed by atoms with E-state index in [9.17, 15) is 14.4 Å². The van der Waals surface area contributed by atoms with Gasteiger partial charge in [0.05, 0.1) is 16.8 Å². The van der Waals surface area contributed by atoms with Crippen molar-refractivity contribution in [2.75, 3.05) is 6.54 Å². The largest absolute Gasteiger partial charge is 0.329 e. The Morgan fingerprint density at radius 2 is 1.86 bits per heavy atom. The molecule has 8 heteroatoms. The van der Waals surface area contributed by atoms with E-state index in [4.69, 9.17) is 0 Å². The molecular weight excluding hydrogens is 406 g/mol.